The van der Waals surface area contributed by atoms with Crippen LogP contribution in [0.15, 0.2) is 24.3 Å². The topological polar surface area (TPSA) is 153 Å². The van der Waals surface area contributed by atoms with Crippen LogP contribution in [-0.4, -0.2) is 34.2 Å². The van der Waals surface area contributed by atoms with Gasteiger partial charge >= 0.3 is 11.9 Å². The molecular weight excluding hydrogens is 286 g/mol. The summed E-state index contributed by atoms with van der Waals surface area (Å²) in [5.74, 6) is -1.54. The van der Waals surface area contributed by atoms with E-state index in [-0.39, 0.29) is 0 Å². The minimum absolute atomic E-state index is 0.329. The maximum atomic E-state index is 10.4. The first-order valence-corrected chi connectivity index (χ1v) is 6.94. The normalized spacial score (nSPS) is 13.0. The Kier molecular flexibility index (Phi) is 8.81. The van der Waals surface area contributed by atoms with Gasteiger partial charge in [0.1, 0.15) is 12.1 Å². The van der Waals surface area contributed by atoms with Crippen LogP contribution in [0, 0.1) is 5.92 Å². The van der Waals surface area contributed by atoms with Gasteiger partial charge < -0.3 is 27.4 Å². The van der Waals surface area contributed by atoms with E-state index in [9.17, 15) is 9.59 Å². The second-order valence-corrected chi connectivity index (χ2v) is 5.46. The summed E-state index contributed by atoms with van der Waals surface area (Å²) >= 11 is 0. The maximum absolute atomic E-state index is 10.4. The van der Waals surface area contributed by atoms with Crippen molar-refractivity contribution in [2.24, 2.45) is 17.4 Å². The van der Waals surface area contributed by atoms with E-state index < -0.39 is 24.0 Å². The molecule has 7 heteroatoms. The molecule has 0 spiro atoms. The molecule has 0 aliphatic heterocycles. The summed E-state index contributed by atoms with van der Waals surface area (Å²) in [6, 6.07) is 5.47. The first-order chi connectivity index (χ1) is 10.1. The van der Waals surface area contributed by atoms with E-state index in [4.69, 9.17) is 27.4 Å². The predicted octanol–water partition coefficient (Wildman–Crippen LogP) is 0.668. The van der Waals surface area contributed by atoms with Crippen LogP contribution in [0.2, 0.25) is 0 Å². The van der Waals surface area contributed by atoms with Gasteiger partial charge in [0.2, 0.25) is 0 Å². The summed E-state index contributed by atoms with van der Waals surface area (Å²) in [5, 5.41) is 16.9. The SMILES string of the molecule is CC(C)C[C@H](N)C(=O)O.Nc1ccc(CC(N)C(=O)O)cc1. The predicted molar refractivity (Wildman–Crippen MR) is 85.2 cm³/mol. The zero-order valence-corrected chi connectivity index (χ0v) is 12.9. The van der Waals surface area contributed by atoms with Crippen LogP contribution in [0.25, 0.3) is 0 Å². The summed E-state index contributed by atoms with van der Waals surface area (Å²) in [6.45, 7) is 3.89. The summed E-state index contributed by atoms with van der Waals surface area (Å²) in [4.78, 5) is 20.5. The van der Waals surface area contributed by atoms with Crippen LogP contribution in [-0.2, 0) is 16.0 Å². The maximum Gasteiger partial charge on any atom is 0.320 e. The van der Waals surface area contributed by atoms with Crippen LogP contribution in [0.3, 0.4) is 0 Å². The number of aliphatic carboxylic acids is 2. The van der Waals surface area contributed by atoms with Crippen molar-refractivity contribution in [3.8, 4) is 0 Å². The van der Waals surface area contributed by atoms with Gasteiger partial charge in [-0.25, -0.2) is 0 Å². The molecule has 0 aliphatic rings. The van der Waals surface area contributed by atoms with Gasteiger partial charge in [0.15, 0.2) is 0 Å². The molecule has 0 aromatic heterocycles. The van der Waals surface area contributed by atoms with Crippen LogP contribution in [0.5, 0.6) is 0 Å². The molecule has 1 aromatic carbocycles. The van der Waals surface area contributed by atoms with Gasteiger partial charge in [-0.2, -0.15) is 0 Å². The fraction of sp³-hybridized carbons (Fsp3) is 0.467. The van der Waals surface area contributed by atoms with Gasteiger partial charge in [-0.1, -0.05) is 26.0 Å². The molecule has 8 N–H and O–H groups in total. The van der Waals surface area contributed by atoms with E-state index in [1.54, 1.807) is 24.3 Å². The summed E-state index contributed by atoms with van der Waals surface area (Å²) < 4.78 is 0. The Morgan fingerprint density at radius 3 is 1.77 bits per heavy atom. The number of carbonyl (C=O) groups is 2. The van der Waals surface area contributed by atoms with E-state index >= 15 is 0 Å². The highest BCUT2D eigenvalue weighted by molar-refractivity contribution is 5.73. The quantitative estimate of drug-likeness (QED) is 0.484. The van der Waals surface area contributed by atoms with Gasteiger partial charge in [0.25, 0.3) is 0 Å². The third-order valence-corrected chi connectivity index (χ3v) is 2.80. The Morgan fingerprint density at radius 1 is 1.00 bits per heavy atom. The van der Waals surface area contributed by atoms with Gasteiger partial charge in [-0.15, -0.1) is 0 Å². The van der Waals surface area contributed by atoms with Crippen LogP contribution in [0.1, 0.15) is 25.8 Å². The molecule has 22 heavy (non-hydrogen) atoms. The van der Waals surface area contributed by atoms with E-state index in [0.29, 0.717) is 24.4 Å². The number of hydrogen-bond acceptors (Lipinski definition) is 5. The standard InChI is InChI=1S/C9H12N2O2.C6H13NO2/c10-7-3-1-6(2-4-7)5-8(11)9(12)13;1-4(2)3-5(7)6(8)9/h1-4,8H,5,10-11H2,(H,12,13);4-5H,3,7H2,1-2H3,(H,8,9)/t;5-/m.0/s1. The highest BCUT2D eigenvalue weighted by atomic mass is 16.4. The lowest BCUT2D eigenvalue weighted by Crippen LogP contribution is -2.32. The third kappa shape index (κ3) is 8.93. The minimum Gasteiger partial charge on any atom is -0.480 e. The molecule has 2 atom stereocenters. The van der Waals surface area contributed by atoms with Crippen molar-refractivity contribution >= 4 is 17.6 Å². The average molecular weight is 311 g/mol. The number of carboxylic acids is 2. The average Bonchev–Trinajstić information content (AvgIpc) is 2.41. The Morgan fingerprint density at radius 2 is 1.45 bits per heavy atom. The largest absolute Gasteiger partial charge is 0.480 e. The number of rotatable bonds is 6. The second kappa shape index (κ2) is 9.75. The number of hydrogen-bond donors (Lipinski definition) is 5. The smallest absolute Gasteiger partial charge is 0.320 e. The molecule has 0 radical (unpaired) electrons. The number of anilines is 1. The van der Waals surface area contributed by atoms with Gasteiger partial charge in [-0.05, 0) is 36.5 Å². The highest BCUT2D eigenvalue weighted by Gasteiger charge is 2.12. The van der Waals surface area contributed by atoms with E-state index in [0.717, 1.165) is 5.56 Å². The molecule has 0 heterocycles. The molecule has 0 fully saturated rings. The van der Waals surface area contributed by atoms with Gasteiger partial charge in [0, 0.05) is 5.69 Å². The lowest BCUT2D eigenvalue weighted by molar-refractivity contribution is -0.139. The van der Waals surface area contributed by atoms with Gasteiger partial charge in [-0.3, -0.25) is 9.59 Å². The van der Waals surface area contributed by atoms with Crippen molar-refractivity contribution in [3.05, 3.63) is 29.8 Å². The number of nitrogen functional groups attached to an aromatic ring is 1. The zero-order valence-electron chi connectivity index (χ0n) is 12.9. The molecule has 0 bridgehead atoms. The molecular formula is C15H25N3O4. The molecule has 0 saturated heterocycles. The monoisotopic (exact) mass is 311 g/mol. The molecule has 7 nitrogen and oxygen atoms in total. The Balaban J connectivity index is 0.000000433. The third-order valence-electron chi connectivity index (χ3n) is 2.80. The molecule has 1 rings (SSSR count). The Hall–Kier alpha value is -2.12. The molecule has 0 aliphatic carbocycles. The number of benzene rings is 1. The van der Waals surface area contributed by atoms with Crippen molar-refractivity contribution in [2.45, 2.75) is 38.8 Å². The molecule has 0 amide bonds. The van der Waals surface area contributed by atoms with Crippen molar-refractivity contribution < 1.29 is 19.8 Å². The van der Waals surface area contributed by atoms with E-state index in [1.165, 1.54) is 0 Å². The molecule has 1 unspecified atom stereocenters. The molecule has 1 aromatic rings. The lowest BCUT2D eigenvalue weighted by atomic mass is 10.1. The van der Waals surface area contributed by atoms with Crippen LogP contribution in [0.4, 0.5) is 5.69 Å². The number of nitrogens with two attached hydrogens (primary N) is 3. The van der Waals surface area contributed by atoms with Crippen molar-refractivity contribution in [3.63, 3.8) is 0 Å². The fourth-order valence-corrected chi connectivity index (χ4v) is 1.60. The fourth-order valence-electron chi connectivity index (χ4n) is 1.60. The van der Waals surface area contributed by atoms with Crippen molar-refractivity contribution in [1.82, 2.24) is 0 Å². The van der Waals surface area contributed by atoms with Gasteiger partial charge in [0.05, 0.1) is 0 Å². The van der Waals surface area contributed by atoms with E-state index in [1.807, 2.05) is 13.8 Å². The van der Waals surface area contributed by atoms with Crippen molar-refractivity contribution in [1.29, 1.82) is 0 Å². The highest BCUT2D eigenvalue weighted by Crippen LogP contribution is 2.07. The first kappa shape index (κ1) is 19.9. The first-order valence-electron chi connectivity index (χ1n) is 6.94. The number of carboxylic acid groups (broad SMARTS) is 2. The van der Waals surface area contributed by atoms with Crippen molar-refractivity contribution in [2.75, 3.05) is 5.73 Å². The van der Waals surface area contributed by atoms with Crippen LogP contribution < -0.4 is 17.2 Å². The molecule has 124 valence electrons. The zero-order chi connectivity index (χ0) is 17.3. The Bertz CT molecular complexity index is 474. The second-order valence-electron chi connectivity index (χ2n) is 5.46. The van der Waals surface area contributed by atoms with Crippen LogP contribution >= 0.6 is 0 Å². The van der Waals surface area contributed by atoms with E-state index in [2.05, 4.69) is 0 Å². The summed E-state index contributed by atoms with van der Waals surface area (Å²) in [6.07, 6.45) is 0.880. The molecule has 0 saturated carbocycles. The minimum atomic E-state index is -0.989. The summed E-state index contributed by atoms with van der Waals surface area (Å²) in [5.41, 5.74) is 17.6. The Labute approximate surface area is 130 Å². The summed E-state index contributed by atoms with van der Waals surface area (Å²) in [7, 11) is 0. The lowest BCUT2D eigenvalue weighted by Gasteiger charge is -2.07.